The van der Waals surface area contributed by atoms with E-state index >= 15 is 0 Å². The highest BCUT2D eigenvalue weighted by Gasteiger charge is 2.06. The molecule has 0 aliphatic rings. The quantitative estimate of drug-likeness (QED) is 0.631. The molecule has 0 amide bonds. The van der Waals surface area contributed by atoms with E-state index in [9.17, 15) is 0 Å². The maximum Gasteiger partial charge on any atom is 0.126 e. The Kier molecular flexibility index (Phi) is 1.52. The average Bonchev–Trinajstić information content (AvgIpc) is 2.51. The van der Waals surface area contributed by atoms with Crippen LogP contribution in [0.5, 0.6) is 0 Å². The number of rotatable bonds is 1. The van der Waals surface area contributed by atoms with E-state index < -0.39 is 0 Å². The molecule has 2 nitrogen and oxygen atoms in total. The molecular formula is C15H12N2. The fourth-order valence-electron chi connectivity index (χ4n) is 1.77. The Morgan fingerprint density at radius 3 is 2.59 bits per heavy atom. The molecule has 0 saturated carbocycles. The van der Waals surface area contributed by atoms with Gasteiger partial charge in [0.2, 0.25) is 0 Å². The van der Waals surface area contributed by atoms with Gasteiger partial charge in [0.1, 0.15) is 5.82 Å². The second kappa shape index (κ2) is 3.98. The van der Waals surface area contributed by atoms with Gasteiger partial charge in [0.05, 0.1) is 16.7 Å². The maximum atomic E-state index is 8.12. The van der Waals surface area contributed by atoms with Crippen LogP contribution in [0.4, 0.5) is 0 Å². The van der Waals surface area contributed by atoms with Crippen LogP contribution in [0, 0.1) is 6.92 Å². The summed E-state index contributed by atoms with van der Waals surface area (Å²) in [6, 6.07) is 8.56. The molecule has 3 aromatic rings. The molecule has 0 aliphatic carbocycles. The fraction of sp³-hybridized carbons (Fsp3) is 0.0667. The summed E-state index contributed by atoms with van der Waals surface area (Å²) in [4.78, 5) is 8.59. The standard InChI is InChI=1S/C15H12N2/c1-11-16-14-10-6-5-9-13(14)15(17-11)12-7-3-2-4-8-12/h2-10H,1H3/i5D,6D,9D,10D. The largest absolute Gasteiger partial charge is 0.233 e. The van der Waals surface area contributed by atoms with E-state index in [1.807, 2.05) is 30.3 Å². The number of aromatic nitrogens is 2. The maximum absolute atomic E-state index is 8.12. The summed E-state index contributed by atoms with van der Waals surface area (Å²) in [5.41, 5.74) is 1.59. The van der Waals surface area contributed by atoms with Gasteiger partial charge in [-0.05, 0) is 13.0 Å². The van der Waals surface area contributed by atoms with Crippen molar-refractivity contribution >= 4 is 10.9 Å². The minimum absolute atomic E-state index is 0.107. The number of hydrogen-bond acceptors (Lipinski definition) is 2. The molecule has 0 fully saturated rings. The van der Waals surface area contributed by atoms with Gasteiger partial charge in [-0.25, -0.2) is 9.97 Å². The van der Waals surface area contributed by atoms with Gasteiger partial charge in [-0.3, -0.25) is 0 Å². The van der Waals surface area contributed by atoms with Crippen LogP contribution in [0.15, 0.2) is 54.5 Å². The van der Waals surface area contributed by atoms with Crippen LogP contribution >= 0.6 is 0 Å². The molecule has 0 radical (unpaired) electrons. The zero-order valence-corrected chi connectivity index (χ0v) is 9.28. The molecule has 3 rings (SSSR count). The van der Waals surface area contributed by atoms with Gasteiger partial charge < -0.3 is 0 Å². The third kappa shape index (κ3) is 1.78. The highest BCUT2D eigenvalue weighted by atomic mass is 14.9. The van der Waals surface area contributed by atoms with Gasteiger partial charge in [0.15, 0.2) is 0 Å². The monoisotopic (exact) mass is 224 g/mol. The summed E-state index contributed by atoms with van der Waals surface area (Å²) < 4.78 is 31.7. The van der Waals surface area contributed by atoms with Crippen LogP contribution in [0.1, 0.15) is 11.3 Å². The third-order valence-electron chi connectivity index (χ3n) is 2.50. The Hall–Kier alpha value is -2.22. The lowest BCUT2D eigenvalue weighted by Gasteiger charge is -2.06. The van der Waals surface area contributed by atoms with Crippen LogP contribution in [0.2, 0.25) is 0 Å². The topological polar surface area (TPSA) is 25.8 Å². The van der Waals surface area contributed by atoms with Gasteiger partial charge in [0.25, 0.3) is 0 Å². The second-order valence-corrected chi connectivity index (χ2v) is 3.71. The van der Waals surface area contributed by atoms with Gasteiger partial charge >= 0.3 is 0 Å². The predicted octanol–water partition coefficient (Wildman–Crippen LogP) is 3.61. The van der Waals surface area contributed by atoms with Crippen molar-refractivity contribution in [1.82, 2.24) is 9.97 Å². The van der Waals surface area contributed by atoms with Crippen molar-refractivity contribution < 1.29 is 5.48 Å². The Morgan fingerprint density at radius 1 is 1.00 bits per heavy atom. The zero-order valence-electron chi connectivity index (χ0n) is 13.3. The molecule has 1 aromatic heterocycles. The molecule has 1 heterocycles. The predicted molar refractivity (Wildman–Crippen MR) is 69.7 cm³/mol. The Balaban J connectivity index is 2.52. The molecule has 0 bridgehead atoms. The van der Waals surface area contributed by atoms with E-state index in [0.29, 0.717) is 16.9 Å². The summed E-state index contributed by atoms with van der Waals surface area (Å²) in [7, 11) is 0. The molecule has 0 aliphatic heterocycles. The number of benzene rings is 2. The van der Waals surface area contributed by atoms with Crippen molar-refractivity contribution in [1.29, 1.82) is 0 Å². The summed E-state index contributed by atoms with van der Waals surface area (Å²) in [6.45, 7) is 1.72. The highest BCUT2D eigenvalue weighted by Crippen LogP contribution is 2.25. The molecule has 0 atom stereocenters. The van der Waals surface area contributed by atoms with Crippen molar-refractivity contribution in [3.05, 3.63) is 60.3 Å². The van der Waals surface area contributed by atoms with Crippen molar-refractivity contribution in [3.8, 4) is 11.3 Å². The number of aryl methyl sites for hydroxylation is 1. The third-order valence-corrected chi connectivity index (χ3v) is 2.50. The summed E-state index contributed by atoms with van der Waals surface area (Å²) in [6.07, 6.45) is 0. The van der Waals surface area contributed by atoms with E-state index in [-0.39, 0.29) is 29.7 Å². The molecule has 0 unspecified atom stereocenters. The Morgan fingerprint density at radius 2 is 1.76 bits per heavy atom. The smallest absolute Gasteiger partial charge is 0.126 e. The van der Waals surface area contributed by atoms with E-state index in [1.54, 1.807) is 6.92 Å². The summed E-state index contributed by atoms with van der Waals surface area (Å²) in [5.74, 6) is 0.478. The van der Waals surface area contributed by atoms with Gasteiger partial charge in [-0.1, -0.05) is 48.5 Å². The molecule has 2 heteroatoms. The van der Waals surface area contributed by atoms with Crippen LogP contribution in [0.3, 0.4) is 0 Å². The molecular weight excluding hydrogens is 208 g/mol. The first-order chi connectivity index (χ1) is 10.0. The Labute approximate surface area is 106 Å². The summed E-state index contributed by atoms with van der Waals surface area (Å²) >= 11 is 0. The minimum atomic E-state index is -0.274. The number of nitrogens with zero attached hydrogens (tertiary/aromatic N) is 2. The number of fused-ring (bicyclic) bond motifs is 1. The first-order valence-corrected chi connectivity index (χ1v) is 5.31. The van der Waals surface area contributed by atoms with E-state index in [2.05, 4.69) is 9.97 Å². The van der Waals surface area contributed by atoms with Crippen molar-refractivity contribution in [3.63, 3.8) is 0 Å². The molecule has 0 saturated heterocycles. The lowest BCUT2D eigenvalue weighted by atomic mass is 10.1. The first kappa shape index (κ1) is 6.50. The van der Waals surface area contributed by atoms with Crippen LogP contribution in [-0.2, 0) is 0 Å². The molecule has 0 spiro atoms. The fourth-order valence-corrected chi connectivity index (χ4v) is 1.77. The van der Waals surface area contributed by atoms with Crippen LogP contribution < -0.4 is 0 Å². The highest BCUT2D eigenvalue weighted by molar-refractivity contribution is 5.92. The molecule has 17 heavy (non-hydrogen) atoms. The second-order valence-electron chi connectivity index (χ2n) is 3.71. The van der Waals surface area contributed by atoms with E-state index in [0.717, 1.165) is 5.56 Å². The average molecular weight is 224 g/mol. The van der Waals surface area contributed by atoms with Gasteiger partial charge in [-0.15, -0.1) is 0 Å². The van der Waals surface area contributed by atoms with Crippen molar-refractivity contribution in [2.45, 2.75) is 6.92 Å². The first-order valence-electron chi connectivity index (χ1n) is 7.31. The van der Waals surface area contributed by atoms with Gasteiger partial charge in [0, 0.05) is 10.9 Å². The lowest BCUT2D eigenvalue weighted by Crippen LogP contribution is -1.93. The summed E-state index contributed by atoms with van der Waals surface area (Å²) in [5, 5.41) is 0.359. The SMILES string of the molecule is [2H]c1c([2H])c([2H])c2c(-c3ccccc3)nc(C)nc2c1[2H]. The van der Waals surface area contributed by atoms with E-state index in [1.165, 1.54) is 0 Å². The van der Waals surface area contributed by atoms with Crippen molar-refractivity contribution in [2.75, 3.05) is 0 Å². The molecule has 0 N–H and O–H groups in total. The van der Waals surface area contributed by atoms with Gasteiger partial charge in [-0.2, -0.15) is 0 Å². The van der Waals surface area contributed by atoms with Crippen molar-refractivity contribution in [2.24, 2.45) is 0 Å². The van der Waals surface area contributed by atoms with Crippen LogP contribution in [-0.4, -0.2) is 9.97 Å². The lowest BCUT2D eigenvalue weighted by molar-refractivity contribution is 1.10. The number of hydrogen-bond donors (Lipinski definition) is 0. The zero-order chi connectivity index (χ0) is 15.1. The molecule has 82 valence electrons. The number of para-hydroxylation sites is 1. The Bertz CT molecular complexity index is 848. The normalized spacial score (nSPS) is 13.9. The van der Waals surface area contributed by atoms with E-state index in [4.69, 9.17) is 5.48 Å². The molecule has 2 aromatic carbocycles. The van der Waals surface area contributed by atoms with Crippen LogP contribution in [0.25, 0.3) is 22.2 Å². The minimum Gasteiger partial charge on any atom is -0.233 e.